The fourth-order valence-corrected chi connectivity index (χ4v) is 3.35. The topological polar surface area (TPSA) is 100 Å². The summed E-state index contributed by atoms with van der Waals surface area (Å²) in [6.07, 6.45) is 3.63. The van der Waals surface area contributed by atoms with Crippen LogP contribution in [0.2, 0.25) is 0 Å². The number of aromatic nitrogens is 2. The summed E-state index contributed by atoms with van der Waals surface area (Å²) >= 11 is 0. The zero-order chi connectivity index (χ0) is 20.1. The van der Waals surface area contributed by atoms with Gasteiger partial charge in [0.25, 0.3) is 5.91 Å². The number of hydrogen-bond acceptors (Lipinski definition) is 5. The second-order valence-electron chi connectivity index (χ2n) is 7.10. The van der Waals surface area contributed by atoms with Gasteiger partial charge in [0.2, 0.25) is 5.89 Å². The summed E-state index contributed by atoms with van der Waals surface area (Å²) in [5, 5.41) is 9.67. The lowest BCUT2D eigenvalue weighted by atomic mass is 10.0. The molecule has 2 aromatic rings. The Morgan fingerprint density at radius 3 is 2.79 bits per heavy atom. The molecule has 1 aliphatic rings. The molecule has 1 atom stereocenters. The SMILES string of the molecule is CCCNC(=O)c1ccc(NC(=O)N2CCCC[C@@H]2c2nc(C)no2)c(C)c1. The minimum Gasteiger partial charge on any atom is -0.352 e. The van der Waals surface area contributed by atoms with Crippen LogP contribution in [0.15, 0.2) is 22.7 Å². The van der Waals surface area contributed by atoms with Gasteiger partial charge in [0.05, 0.1) is 0 Å². The summed E-state index contributed by atoms with van der Waals surface area (Å²) in [6, 6.07) is 4.86. The normalized spacial score (nSPS) is 16.7. The summed E-state index contributed by atoms with van der Waals surface area (Å²) in [7, 11) is 0. The van der Waals surface area contributed by atoms with E-state index >= 15 is 0 Å². The average Bonchev–Trinajstić information content (AvgIpc) is 3.13. The summed E-state index contributed by atoms with van der Waals surface area (Å²) in [5.41, 5.74) is 2.10. The van der Waals surface area contributed by atoms with Crippen molar-refractivity contribution in [2.24, 2.45) is 0 Å². The summed E-state index contributed by atoms with van der Waals surface area (Å²) < 4.78 is 5.31. The maximum atomic E-state index is 12.9. The van der Waals surface area contributed by atoms with E-state index in [1.807, 2.05) is 13.8 Å². The number of hydrogen-bond donors (Lipinski definition) is 2. The van der Waals surface area contributed by atoms with Crippen molar-refractivity contribution in [2.75, 3.05) is 18.4 Å². The van der Waals surface area contributed by atoms with E-state index < -0.39 is 0 Å². The first kappa shape index (κ1) is 19.9. The summed E-state index contributed by atoms with van der Waals surface area (Å²) in [5.74, 6) is 0.936. The van der Waals surface area contributed by atoms with Crippen molar-refractivity contribution in [3.8, 4) is 0 Å². The molecule has 1 saturated heterocycles. The summed E-state index contributed by atoms with van der Waals surface area (Å²) in [6.45, 7) is 6.92. The van der Waals surface area contributed by atoms with Gasteiger partial charge in [-0.05, 0) is 63.3 Å². The van der Waals surface area contributed by atoms with E-state index in [0.717, 1.165) is 31.2 Å². The standard InChI is InChI=1S/C20H27N5O3/c1-4-10-21-18(26)15-8-9-16(13(2)12-15)23-20(27)25-11-6-5-7-17(25)19-22-14(3)24-28-19/h8-9,12,17H,4-7,10-11H2,1-3H3,(H,21,26)(H,23,27)/t17-/m1/s1. The molecule has 1 aromatic carbocycles. The third-order valence-electron chi connectivity index (χ3n) is 4.86. The number of nitrogens with zero attached hydrogens (tertiary/aromatic N) is 3. The lowest BCUT2D eigenvalue weighted by Crippen LogP contribution is -2.41. The smallest absolute Gasteiger partial charge is 0.322 e. The van der Waals surface area contributed by atoms with Gasteiger partial charge >= 0.3 is 6.03 Å². The van der Waals surface area contributed by atoms with Crippen LogP contribution in [0.5, 0.6) is 0 Å². The second kappa shape index (κ2) is 8.86. The number of urea groups is 1. The Hall–Kier alpha value is -2.90. The fraction of sp³-hybridized carbons (Fsp3) is 0.500. The number of amides is 3. The van der Waals surface area contributed by atoms with Crippen molar-refractivity contribution >= 4 is 17.6 Å². The van der Waals surface area contributed by atoms with Crippen molar-refractivity contribution in [3.05, 3.63) is 41.0 Å². The molecule has 2 N–H and O–H groups in total. The highest BCUT2D eigenvalue weighted by Gasteiger charge is 2.32. The van der Waals surface area contributed by atoms with Gasteiger partial charge in [0, 0.05) is 24.3 Å². The summed E-state index contributed by atoms with van der Waals surface area (Å²) in [4.78, 5) is 31.1. The lowest BCUT2D eigenvalue weighted by Gasteiger charge is -2.33. The minimum atomic E-state index is -0.214. The molecular weight excluding hydrogens is 358 g/mol. The van der Waals surface area contributed by atoms with Crippen LogP contribution >= 0.6 is 0 Å². The molecule has 0 aliphatic carbocycles. The van der Waals surface area contributed by atoms with E-state index in [0.29, 0.717) is 36.1 Å². The molecule has 0 spiro atoms. The van der Waals surface area contributed by atoms with Gasteiger partial charge in [0.1, 0.15) is 6.04 Å². The third kappa shape index (κ3) is 4.49. The van der Waals surface area contributed by atoms with Crippen LogP contribution in [-0.4, -0.2) is 40.1 Å². The van der Waals surface area contributed by atoms with Crippen LogP contribution in [-0.2, 0) is 0 Å². The predicted octanol–water partition coefficient (Wildman–Crippen LogP) is 3.59. The number of aryl methyl sites for hydroxylation is 2. The lowest BCUT2D eigenvalue weighted by molar-refractivity contribution is 0.0953. The number of benzene rings is 1. The molecule has 2 heterocycles. The van der Waals surface area contributed by atoms with E-state index in [4.69, 9.17) is 4.52 Å². The highest BCUT2D eigenvalue weighted by atomic mass is 16.5. The van der Waals surface area contributed by atoms with Crippen molar-refractivity contribution in [1.82, 2.24) is 20.4 Å². The Balaban J connectivity index is 1.71. The van der Waals surface area contributed by atoms with Gasteiger partial charge in [-0.2, -0.15) is 4.98 Å². The molecule has 3 rings (SSSR count). The zero-order valence-corrected chi connectivity index (χ0v) is 16.6. The van der Waals surface area contributed by atoms with Crippen molar-refractivity contribution in [2.45, 2.75) is 52.5 Å². The van der Waals surface area contributed by atoms with Crippen molar-refractivity contribution < 1.29 is 14.1 Å². The molecule has 150 valence electrons. The number of likely N-dealkylation sites (tertiary alicyclic amines) is 1. The van der Waals surface area contributed by atoms with E-state index in [1.54, 1.807) is 30.0 Å². The maximum absolute atomic E-state index is 12.9. The molecule has 1 aromatic heterocycles. The minimum absolute atomic E-state index is 0.106. The average molecular weight is 385 g/mol. The number of carbonyl (C=O) groups is 2. The largest absolute Gasteiger partial charge is 0.352 e. The van der Waals surface area contributed by atoms with Gasteiger partial charge in [-0.1, -0.05) is 12.1 Å². The van der Waals surface area contributed by atoms with E-state index in [-0.39, 0.29) is 18.0 Å². The van der Waals surface area contributed by atoms with Gasteiger partial charge in [-0.3, -0.25) is 4.79 Å². The molecule has 1 aliphatic heterocycles. The molecule has 0 unspecified atom stereocenters. The van der Waals surface area contributed by atoms with Gasteiger partial charge < -0.3 is 20.1 Å². The Labute approximate surface area is 164 Å². The molecule has 28 heavy (non-hydrogen) atoms. The van der Waals surface area contributed by atoms with Crippen LogP contribution in [0.4, 0.5) is 10.5 Å². The van der Waals surface area contributed by atoms with Crippen LogP contribution in [0.3, 0.4) is 0 Å². The van der Waals surface area contributed by atoms with E-state index in [2.05, 4.69) is 20.8 Å². The highest BCUT2D eigenvalue weighted by Crippen LogP contribution is 2.30. The first-order valence-electron chi connectivity index (χ1n) is 9.76. The number of rotatable bonds is 5. The predicted molar refractivity (Wildman–Crippen MR) is 105 cm³/mol. The molecular formula is C20H27N5O3. The Bertz CT molecular complexity index is 848. The van der Waals surface area contributed by atoms with Gasteiger partial charge in [-0.25, -0.2) is 4.79 Å². The molecule has 8 nitrogen and oxygen atoms in total. The molecule has 0 bridgehead atoms. The number of carbonyl (C=O) groups excluding carboxylic acids is 2. The Morgan fingerprint density at radius 2 is 2.11 bits per heavy atom. The van der Waals surface area contributed by atoms with Crippen LogP contribution in [0.25, 0.3) is 0 Å². The molecule has 0 radical (unpaired) electrons. The van der Waals surface area contributed by atoms with Gasteiger partial charge in [0.15, 0.2) is 5.82 Å². The first-order valence-corrected chi connectivity index (χ1v) is 9.76. The highest BCUT2D eigenvalue weighted by molar-refractivity contribution is 5.96. The van der Waals surface area contributed by atoms with Crippen LogP contribution in [0.1, 0.15) is 66.3 Å². The molecule has 8 heteroatoms. The van der Waals surface area contributed by atoms with Crippen molar-refractivity contribution in [1.29, 1.82) is 0 Å². The van der Waals surface area contributed by atoms with Crippen LogP contribution < -0.4 is 10.6 Å². The molecule has 1 fully saturated rings. The maximum Gasteiger partial charge on any atom is 0.322 e. The van der Waals surface area contributed by atoms with Gasteiger partial charge in [-0.15, -0.1) is 0 Å². The second-order valence-corrected chi connectivity index (χ2v) is 7.10. The first-order chi connectivity index (χ1) is 13.5. The van der Waals surface area contributed by atoms with Crippen molar-refractivity contribution in [3.63, 3.8) is 0 Å². The Morgan fingerprint density at radius 1 is 1.29 bits per heavy atom. The fourth-order valence-electron chi connectivity index (χ4n) is 3.35. The monoisotopic (exact) mass is 385 g/mol. The quantitative estimate of drug-likeness (QED) is 0.819. The molecule has 0 saturated carbocycles. The zero-order valence-electron chi connectivity index (χ0n) is 16.6. The third-order valence-corrected chi connectivity index (χ3v) is 4.86. The number of piperidine rings is 1. The number of nitrogens with one attached hydrogen (secondary N) is 2. The van der Waals surface area contributed by atoms with Crippen LogP contribution in [0, 0.1) is 13.8 Å². The van der Waals surface area contributed by atoms with E-state index in [1.165, 1.54) is 0 Å². The van der Waals surface area contributed by atoms with E-state index in [9.17, 15) is 9.59 Å². The number of anilines is 1. The Kier molecular flexibility index (Phi) is 6.28. The molecule has 3 amide bonds.